The van der Waals surface area contributed by atoms with E-state index in [1.165, 1.54) is 12.8 Å². The monoisotopic (exact) mass is 212 g/mol. The minimum absolute atomic E-state index is 0.0963. The number of amides is 1. The van der Waals surface area contributed by atoms with Gasteiger partial charge in [-0.25, -0.2) is 0 Å². The fourth-order valence-corrected chi connectivity index (χ4v) is 2.19. The van der Waals surface area contributed by atoms with Gasteiger partial charge in [0.25, 0.3) is 5.91 Å². The SMILES string of the molecule is N#Cc1ccc2c(c1)C(=O)N(CC1CC1)C2. The van der Waals surface area contributed by atoms with Gasteiger partial charge >= 0.3 is 0 Å². The van der Waals surface area contributed by atoms with E-state index < -0.39 is 0 Å². The van der Waals surface area contributed by atoms with Crippen molar-refractivity contribution in [2.75, 3.05) is 6.54 Å². The lowest BCUT2D eigenvalue weighted by Gasteiger charge is -2.14. The highest BCUT2D eigenvalue weighted by Crippen LogP contribution is 2.33. The minimum Gasteiger partial charge on any atom is -0.334 e. The third kappa shape index (κ3) is 1.47. The van der Waals surface area contributed by atoms with Gasteiger partial charge in [-0.1, -0.05) is 6.07 Å². The summed E-state index contributed by atoms with van der Waals surface area (Å²) in [5, 5.41) is 8.80. The highest BCUT2D eigenvalue weighted by atomic mass is 16.2. The molecule has 1 amide bonds. The van der Waals surface area contributed by atoms with Gasteiger partial charge in [-0.05, 0) is 36.5 Å². The Balaban J connectivity index is 1.88. The van der Waals surface area contributed by atoms with Crippen LogP contribution in [-0.4, -0.2) is 17.4 Å². The standard InChI is InChI=1S/C13H12N2O/c14-6-10-3-4-11-8-15(7-9-1-2-9)13(16)12(11)5-10/h3-5,9H,1-2,7-8H2. The second-order valence-corrected chi connectivity index (χ2v) is 4.61. The summed E-state index contributed by atoms with van der Waals surface area (Å²) in [6.45, 7) is 1.60. The molecule has 0 bridgehead atoms. The molecule has 0 spiro atoms. The van der Waals surface area contributed by atoms with Crippen LogP contribution in [0, 0.1) is 17.2 Å². The van der Waals surface area contributed by atoms with Crippen LogP contribution in [0.4, 0.5) is 0 Å². The van der Waals surface area contributed by atoms with E-state index in [9.17, 15) is 4.79 Å². The van der Waals surface area contributed by atoms with Crippen molar-refractivity contribution >= 4 is 5.91 Å². The van der Waals surface area contributed by atoms with Crippen molar-refractivity contribution in [1.29, 1.82) is 5.26 Å². The molecular formula is C13H12N2O. The number of rotatable bonds is 2. The van der Waals surface area contributed by atoms with E-state index in [0.29, 0.717) is 11.5 Å². The van der Waals surface area contributed by atoms with Gasteiger partial charge in [0.15, 0.2) is 0 Å². The van der Waals surface area contributed by atoms with Gasteiger partial charge in [-0.3, -0.25) is 4.79 Å². The minimum atomic E-state index is 0.0963. The predicted molar refractivity (Wildman–Crippen MR) is 58.6 cm³/mol. The molecule has 3 rings (SSSR count). The Morgan fingerprint density at radius 2 is 2.25 bits per heavy atom. The van der Waals surface area contributed by atoms with Gasteiger partial charge in [-0.15, -0.1) is 0 Å². The second-order valence-electron chi connectivity index (χ2n) is 4.61. The average molecular weight is 212 g/mol. The molecule has 16 heavy (non-hydrogen) atoms. The van der Waals surface area contributed by atoms with Gasteiger partial charge in [0.2, 0.25) is 0 Å². The van der Waals surface area contributed by atoms with Gasteiger partial charge in [-0.2, -0.15) is 5.26 Å². The Bertz CT molecular complexity index is 497. The molecule has 1 saturated carbocycles. The van der Waals surface area contributed by atoms with Crippen LogP contribution in [0.25, 0.3) is 0 Å². The van der Waals surface area contributed by atoms with Gasteiger partial charge in [0.05, 0.1) is 11.6 Å². The van der Waals surface area contributed by atoms with E-state index in [1.54, 1.807) is 12.1 Å². The Morgan fingerprint density at radius 1 is 1.44 bits per heavy atom. The molecule has 0 atom stereocenters. The van der Waals surface area contributed by atoms with Crippen LogP contribution in [-0.2, 0) is 6.54 Å². The van der Waals surface area contributed by atoms with Crippen LogP contribution < -0.4 is 0 Å². The Kier molecular flexibility index (Phi) is 1.97. The number of nitrogens with zero attached hydrogens (tertiary/aromatic N) is 2. The fraction of sp³-hybridized carbons (Fsp3) is 0.385. The largest absolute Gasteiger partial charge is 0.334 e. The smallest absolute Gasteiger partial charge is 0.254 e. The zero-order chi connectivity index (χ0) is 11.1. The summed E-state index contributed by atoms with van der Waals surface area (Å²) in [6.07, 6.45) is 2.51. The maximum Gasteiger partial charge on any atom is 0.254 e. The van der Waals surface area contributed by atoms with Gasteiger partial charge in [0, 0.05) is 18.7 Å². The summed E-state index contributed by atoms with van der Waals surface area (Å²) < 4.78 is 0. The first-order valence-electron chi connectivity index (χ1n) is 5.60. The van der Waals surface area contributed by atoms with Crippen molar-refractivity contribution in [1.82, 2.24) is 4.90 Å². The molecular weight excluding hydrogens is 200 g/mol. The maximum atomic E-state index is 12.0. The number of hydrogen-bond donors (Lipinski definition) is 0. The number of hydrogen-bond acceptors (Lipinski definition) is 2. The normalized spacial score (nSPS) is 18.4. The molecule has 0 aromatic heterocycles. The van der Waals surface area contributed by atoms with Crippen LogP contribution in [0.3, 0.4) is 0 Å². The van der Waals surface area contributed by atoms with E-state index >= 15 is 0 Å². The summed E-state index contributed by atoms with van der Waals surface area (Å²) in [5.41, 5.74) is 2.35. The summed E-state index contributed by atoms with van der Waals surface area (Å²) >= 11 is 0. The Labute approximate surface area is 94.3 Å². The first kappa shape index (κ1) is 9.41. The summed E-state index contributed by atoms with van der Waals surface area (Å²) in [6, 6.07) is 7.47. The quantitative estimate of drug-likeness (QED) is 0.751. The van der Waals surface area contributed by atoms with E-state index in [2.05, 4.69) is 6.07 Å². The molecule has 1 aliphatic heterocycles. The highest BCUT2D eigenvalue weighted by molar-refractivity contribution is 5.98. The van der Waals surface area contributed by atoms with Gasteiger partial charge in [0.1, 0.15) is 0 Å². The lowest BCUT2D eigenvalue weighted by Crippen LogP contribution is -2.26. The van der Waals surface area contributed by atoms with E-state index in [0.717, 1.165) is 24.2 Å². The lowest BCUT2D eigenvalue weighted by atomic mass is 10.1. The molecule has 2 aliphatic rings. The van der Waals surface area contributed by atoms with Crippen molar-refractivity contribution in [3.63, 3.8) is 0 Å². The topological polar surface area (TPSA) is 44.1 Å². The van der Waals surface area contributed by atoms with Crippen LogP contribution in [0.1, 0.15) is 34.3 Å². The van der Waals surface area contributed by atoms with Gasteiger partial charge < -0.3 is 4.90 Å². The number of fused-ring (bicyclic) bond motifs is 1. The molecule has 1 aliphatic carbocycles. The zero-order valence-electron chi connectivity index (χ0n) is 8.94. The molecule has 0 saturated heterocycles. The van der Waals surface area contributed by atoms with Crippen molar-refractivity contribution < 1.29 is 4.79 Å². The first-order chi connectivity index (χ1) is 7.78. The molecule has 0 unspecified atom stereocenters. The first-order valence-corrected chi connectivity index (χ1v) is 5.60. The molecule has 1 aromatic carbocycles. The third-order valence-electron chi connectivity index (χ3n) is 3.29. The molecule has 0 radical (unpaired) electrons. The Morgan fingerprint density at radius 3 is 2.94 bits per heavy atom. The Hall–Kier alpha value is -1.82. The average Bonchev–Trinajstić information content (AvgIpc) is 3.06. The maximum absolute atomic E-state index is 12.0. The predicted octanol–water partition coefficient (Wildman–Crippen LogP) is 1.92. The highest BCUT2D eigenvalue weighted by Gasteiger charge is 2.32. The lowest BCUT2D eigenvalue weighted by molar-refractivity contribution is 0.0771. The number of nitriles is 1. The second kappa shape index (κ2) is 3.34. The van der Waals surface area contributed by atoms with Crippen LogP contribution in [0.5, 0.6) is 0 Å². The fourth-order valence-electron chi connectivity index (χ4n) is 2.19. The van der Waals surface area contributed by atoms with Crippen molar-refractivity contribution in [3.8, 4) is 6.07 Å². The van der Waals surface area contributed by atoms with Crippen LogP contribution >= 0.6 is 0 Å². The number of benzene rings is 1. The molecule has 0 N–H and O–H groups in total. The zero-order valence-corrected chi connectivity index (χ0v) is 8.94. The van der Waals surface area contributed by atoms with E-state index in [4.69, 9.17) is 5.26 Å². The van der Waals surface area contributed by atoms with Crippen LogP contribution in [0.15, 0.2) is 18.2 Å². The molecule has 1 heterocycles. The summed E-state index contributed by atoms with van der Waals surface area (Å²) in [7, 11) is 0. The van der Waals surface area contributed by atoms with Crippen molar-refractivity contribution in [2.45, 2.75) is 19.4 Å². The number of carbonyl (C=O) groups is 1. The van der Waals surface area contributed by atoms with E-state index in [1.807, 2.05) is 11.0 Å². The van der Waals surface area contributed by atoms with Crippen molar-refractivity contribution in [3.05, 3.63) is 34.9 Å². The molecule has 1 fully saturated rings. The third-order valence-corrected chi connectivity index (χ3v) is 3.29. The molecule has 3 nitrogen and oxygen atoms in total. The van der Waals surface area contributed by atoms with Crippen molar-refractivity contribution in [2.24, 2.45) is 5.92 Å². The van der Waals surface area contributed by atoms with Crippen LogP contribution in [0.2, 0.25) is 0 Å². The molecule has 80 valence electrons. The molecule has 1 aromatic rings. The summed E-state index contributed by atoms with van der Waals surface area (Å²) in [4.78, 5) is 14.0. The number of carbonyl (C=O) groups excluding carboxylic acids is 1. The molecule has 3 heteroatoms. The van der Waals surface area contributed by atoms with E-state index in [-0.39, 0.29) is 5.91 Å². The summed E-state index contributed by atoms with van der Waals surface area (Å²) in [5.74, 6) is 0.813.